The molecule has 1 amide bonds. The van der Waals surface area contributed by atoms with Gasteiger partial charge >= 0.3 is 0 Å². The molecule has 0 aliphatic carbocycles. The number of aryl methyl sites for hydroxylation is 3. The van der Waals surface area contributed by atoms with Crippen LogP contribution in [0.1, 0.15) is 42.7 Å². The topological polar surface area (TPSA) is 59.8 Å². The molecule has 5 nitrogen and oxygen atoms in total. The lowest BCUT2D eigenvalue weighted by molar-refractivity contribution is -0.113. The van der Waals surface area contributed by atoms with E-state index in [4.69, 9.17) is 0 Å². The number of carbonyl (C=O) groups is 1. The van der Waals surface area contributed by atoms with Gasteiger partial charge in [0.15, 0.2) is 11.0 Å². The van der Waals surface area contributed by atoms with Gasteiger partial charge in [-0.3, -0.25) is 4.79 Å². The van der Waals surface area contributed by atoms with E-state index in [9.17, 15) is 4.79 Å². The standard InChI is InChI=1S/C22H28N4OS2/c1-5-7-19-12-17(13-28-19)21-24-25-22(26(21)8-6-2)29-14-20(27)23-18-10-15(3)9-16(4)11-18/h9-13H,5-8,14H2,1-4H3,(H,23,27). The van der Waals surface area contributed by atoms with E-state index in [1.54, 1.807) is 11.3 Å². The number of thioether (sulfide) groups is 1. The van der Waals surface area contributed by atoms with Crippen LogP contribution in [0.4, 0.5) is 5.69 Å². The number of amides is 1. The summed E-state index contributed by atoms with van der Waals surface area (Å²) in [5, 5.41) is 14.7. The van der Waals surface area contributed by atoms with Gasteiger partial charge in [-0.05, 0) is 56.0 Å². The summed E-state index contributed by atoms with van der Waals surface area (Å²) in [7, 11) is 0. The molecule has 1 aromatic carbocycles. The zero-order valence-corrected chi connectivity index (χ0v) is 19.1. The number of carbonyl (C=O) groups excluding carboxylic acids is 1. The number of thiophene rings is 1. The Morgan fingerprint density at radius 1 is 1.10 bits per heavy atom. The van der Waals surface area contributed by atoms with Gasteiger partial charge in [0.25, 0.3) is 0 Å². The smallest absolute Gasteiger partial charge is 0.234 e. The molecule has 0 spiro atoms. The number of anilines is 1. The van der Waals surface area contributed by atoms with E-state index in [1.807, 2.05) is 26.0 Å². The summed E-state index contributed by atoms with van der Waals surface area (Å²) in [6.45, 7) is 9.23. The van der Waals surface area contributed by atoms with E-state index in [-0.39, 0.29) is 5.91 Å². The molecule has 0 saturated heterocycles. The molecular formula is C22H28N4OS2. The molecule has 7 heteroatoms. The molecule has 0 fully saturated rings. The first-order valence-corrected chi connectivity index (χ1v) is 11.9. The summed E-state index contributed by atoms with van der Waals surface area (Å²) < 4.78 is 2.13. The first-order chi connectivity index (χ1) is 14.0. The van der Waals surface area contributed by atoms with Gasteiger partial charge in [0.1, 0.15) is 0 Å². The molecule has 29 heavy (non-hydrogen) atoms. The molecule has 2 aromatic heterocycles. The quantitative estimate of drug-likeness (QED) is 0.443. The van der Waals surface area contributed by atoms with Gasteiger partial charge in [0, 0.05) is 28.1 Å². The van der Waals surface area contributed by atoms with Gasteiger partial charge in [-0.15, -0.1) is 21.5 Å². The molecule has 0 aliphatic rings. The maximum absolute atomic E-state index is 12.4. The number of rotatable bonds is 9. The zero-order chi connectivity index (χ0) is 20.8. The van der Waals surface area contributed by atoms with Gasteiger partial charge in [-0.1, -0.05) is 38.1 Å². The third-order valence-electron chi connectivity index (χ3n) is 4.41. The second-order valence-corrected chi connectivity index (χ2v) is 9.16. The Labute approximate surface area is 180 Å². The Morgan fingerprint density at radius 3 is 2.55 bits per heavy atom. The largest absolute Gasteiger partial charge is 0.325 e. The summed E-state index contributed by atoms with van der Waals surface area (Å²) in [5.41, 5.74) is 4.23. The highest BCUT2D eigenvalue weighted by Gasteiger charge is 2.16. The second-order valence-electron chi connectivity index (χ2n) is 7.22. The van der Waals surface area contributed by atoms with Crippen LogP contribution in [0.2, 0.25) is 0 Å². The Morgan fingerprint density at radius 2 is 1.86 bits per heavy atom. The summed E-state index contributed by atoms with van der Waals surface area (Å²) in [6.07, 6.45) is 3.21. The fourth-order valence-corrected chi connectivity index (χ4v) is 5.02. The summed E-state index contributed by atoms with van der Waals surface area (Å²) in [4.78, 5) is 13.8. The minimum Gasteiger partial charge on any atom is -0.325 e. The van der Waals surface area contributed by atoms with Crippen molar-refractivity contribution in [1.82, 2.24) is 14.8 Å². The summed E-state index contributed by atoms with van der Waals surface area (Å²) >= 11 is 3.21. The monoisotopic (exact) mass is 428 g/mol. The molecule has 3 rings (SSSR count). The summed E-state index contributed by atoms with van der Waals surface area (Å²) in [5.74, 6) is 1.16. The average molecular weight is 429 g/mol. The first-order valence-electron chi connectivity index (χ1n) is 10.0. The molecule has 0 radical (unpaired) electrons. The van der Waals surface area contributed by atoms with Crippen molar-refractivity contribution in [3.05, 3.63) is 45.6 Å². The van der Waals surface area contributed by atoms with Crippen LogP contribution in [0.25, 0.3) is 11.4 Å². The van der Waals surface area contributed by atoms with E-state index >= 15 is 0 Å². The highest BCUT2D eigenvalue weighted by atomic mass is 32.2. The Bertz CT molecular complexity index is 957. The summed E-state index contributed by atoms with van der Waals surface area (Å²) in [6, 6.07) is 8.27. The predicted octanol–water partition coefficient (Wildman–Crippen LogP) is 5.72. The normalized spacial score (nSPS) is 11.0. The molecule has 154 valence electrons. The van der Waals surface area contributed by atoms with Crippen molar-refractivity contribution in [1.29, 1.82) is 0 Å². The third-order valence-corrected chi connectivity index (χ3v) is 6.37. The third kappa shape index (κ3) is 5.70. The highest BCUT2D eigenvalue weighted by molar-refractivity contribution is 7.99. The maximum Gasteiger partial charge on any atom is 0.234 e. The number of nitrogens with zero attached hydrogens (tertiary/aromatic N) is 3. The van der Waals surface area contributed by atoms with E-state index in [0.29, 0.717) is 5.75 Å². The Kier molecular flexibility index (Phi) is 7.50. The van der Waals surface area contributed by atoms with Gasteiger partial charge in [0.2, 0.25) is 5.91 Å². The van der Waals surface area contributed by atoms with E-state index in [0.717, 1.165) is 59.2 Å². The molecule has 1 N–H and O–H groups in total. The molecule has 0 aliphatic heterocycles. The number of nitrogens with one attached hydrogen (secondary N) is 1. The predicted molar refractivity (Wildman–Crippen MR) is 123 cm³/mol. The fraction of sp³-hybridized carbons (Fsp3) is 0.409. The van der Waals surface area contributed by atoms with Crippen LogP contribution in [0.15, 0.2) is 34.8 Å². The van der Waals surface area contributed by atoms with Crippen LogP contribution >= 0.6 is 23.1 Å². The second kappa shape index (κ2) is 10.1. The number of aromatic nitrogens is 3. The van der Waals surface area contributed by atoms with Crippen molar-refractivity contribution < 1.29 is 4.79 Å². The lowest BCUT2D eigenvalue weighted by atomic mass is 10.1. The average Bonchev–Trinajstić information content (AvgIpc) is 3.27. The van der Waals surface area contributed by atoms with Crippen molar-refractivity contribution in [3.8, 4) is 11.4 Å². The van der Waals surface area contributed by atoms with Gasteiger partial charge < -0.3 is 9.88 Å². The molecule has 2 heterocycles. The molecule has 0 atom stereocenters. The van der Waals surface area contributed by atoms with Crippen molar-refractivity contribution in [2.45, 2.75) is 58.7 Å². The number of hydrogen-bond acceptors (Lipinski definition) is 5. The molecule has 0 saturated carbocycles. The van der Waals surface area contributed by atoms with Crippen LogP contribution in [-0.4, -0.2) is 26.4 Å². The fourth-order valence-electron chi connectivity index (χ4n) is 3.28. The van der Waals surface area contributed by atoms with Gasteiger partial charge in [0.05, 0.1) is 5.75 Å². The molecule has 0 unspecified atom stereocenters. The maximum atomic E-state index is 12.4. The Hall–Kier alpha value is -2.12. The molecule has 3 aromatic rings. The van der Waals surface area contributed by atoms with E-state index in [1.165, 1.54) is 16.6 Å². The number of benzene rings is 1. The Balaban J connectivity index is 1.70. The lowest BCUT2D eigenvalue weighted by Gasteiger charge is -2.09. The zero-order valence-electron chi connectivity index (χ0n) is 17.5. The van der Waals surface area contributed by atoms with Crippen LogP contribution in [-0.2, 0) is 17.8 Å². The first kappa shape index (κ1) is 21.6. The van der Waals surface area contributed by atoms with E-state index in [2.05, 4.69) is 51.4 Å². The minimum atomic E-state index is -0.0339. The van der Waals surface area contributed by atoms with Crippen LogP contribution in [0, 0.1) is 13.8 Å². The van der Waals surface area contributed by atoms with Crippen molar-refractivity contribution in [2.24, 2.45) is 0 Å². The van der Waals surface area contributed by atoms with Crippen LogP contribution in [0.3, 0.4) is 0 Å². The molecule has 0 bridgehead atoms. The van der Waals surface area contributed by atoms with Crippen LogP contribution in [0.5, 0.6) is 0 Å². The molecular weight excluding hydrogens is 400 g/mol. The SMILES string of the molecule is CCCc1cc(-c2nnc(SCC(=O)Nc3cc(C)cc(C)c3)n2CCC)cs1. The van der Waals surface area contributed by atoms with Crippen LogP contribution < -0.4 is 5.32 Å². The number of hydrogen-bond donors (Lipinski definition) is 1. The van der Waals surface area contributed by atoms with Crippen molar-refractivity contribution in [2.75, 3.05) is 11.1 Å². The van der Waals surface area contributed by atoms with Gasteiger partial charge in [-0.2, -0.15) is 0 Å². The van der Waals surface area contributed by atoms with E-state index < -0.39 is 0 Å². The van der Waals surface area contributed by atoms with Gasteiger partial charge in [-0.25, -0.2) is 0 Å². The minimum absolute atomic E-state index is 0.0339. The van der Waals surface area contributed by atoms with Crippen molar-refractivity contribution >= 4 is 34.7 Å². The highest BCUT2D eigenvalue weighted by Crippen LogP contribution is 2.29. The lowest BCUT2D eigenvalue weighted by Crippen LogP contribution is -2.15. The van der Waals surface area contributed by atoms with Crippen molar-refractivity contribution in [3.63, 3.8) is 0 Å².